The third kappa shape index (κ3) is 5.23. The summed E-state index contributed by atoms with van der Waals surface area (Å²) in [5, 5.41) is 0. The summed E-state index contributed by atoms with van der Waals surface area (Å²) >= 11 is 0. The maximum atomic E-state index is 15.0. The van der Waals surface area contributed by atoms with E-state index < -0.39 is 71.7 Å². The number of hydrogen-bond acceptors (Lipinski definition) is 5. The molecular formula is C29H29F8NO5S2. The molecule has 248 valence electrons. The molecule has 5 rings (SSSR count). The molecule has 2 aliphatic heterocycles. The Morgan fingerprint density at radius 3 is 2.07 bits per heavy atom. The van der Waals surface area contributed by atoms with Gasteiger partial charge in [-0.25, -0.2) is 25.6 Å². The zero-order valence-electron chi connectivity index (χ0n) is 23.8. The number of carbonyl (C=O) groups excluding carboxylic acids is 1. The van der Waals surface area contributed by atoms with Crippen LogP contribution in [0.1, 0.15) is 49.3 Å². The Hall–Kier alpha value is -2.75. The Morgan fingerprint density at radius 2 is 1.51 bits per heavy atom. The van der Waals surface area contributed by atoms with E-state index in [-0.39, 0.29) is 78.2 Å². The molecule has 2 aromatic rings. The van der Waals surface area contributed by atoms with Crippen LogP contribution in [-0.4, -0.2) is 64.1 Å². The van der Waals surface area contributed by atoms with Crippen molar-refractivity contribution in [1.29, 1.82) is 0 Å². The van der Waals surface area contributed by atoms with Gasteiger partial charge in [-0.05, 0) is 73.4 Å². The van der Waals surface area contributed by atoms with Gasteiger partial charge in [0.25, 0.3) is 0 Å². The van der Waals surface area contributed by atoms with Crippen molar-refractivity contribution >= 4 is 25.6 Å². The minimum atomic E-state index is -6.38. The summed E-state index contributed by atoms with van der Waals surface area (Å²) in [6.07, 6.45) is -13.0. The van der Waals surface area contributed by atoms with E-state index in [1.54, 1.807) is 6.92 Å². The molecule has 1 aliphatic carbocycles. The SMILES string of the molecule is CC(C(=O)N1CC[C@@]2(S(=O)(=O)c3ccc(F)cc3)c3ccc(C(F)(C(F)(F)F)C(F)(F)F)cc3CC[C@@H]12)C1CCS(=O)(=O)CC1. The smallest absolute Gasteiger partial charge is 0.337 e. The molecule has 16 heteroatoms. The fourth-order valence-electron chi connectivity index (χ4n) is 7.19. The average Bonchev–Trinajstić information content (AvgIpc) is 3.36. The lowest BCUT2D eigenvalue weighted by Crippen LogP contribution is -2.54. The maximum absolute atomic E-state index is 15.0. The highest BCUT2D eigenvalue weighted by molar-refractivity contribution is 7.92. The van der Waals surface area contributed by atoms with Crippen LogP contribution < -0.4 is 0 Å². The molecule has 3 aliphatic rings. The molecule has 0 bridgehead atoms. The van der Waals surface area contributed by atoms with Crippen molar-refractivity contribution in [2.45, 2.75) is 72.7 Å². The summed E-state index contributed by atoms with van der Waals surface area (Å²) < 4.78 is 161. The predicted molar refractivity (Wildman–Crippen MR) is 146 cm³/mol. The van der Waals surface area contributed by atoms with Gasteiger partial charge in [-0.1, -0.05) is 25.1 Å². The predicted octanol–water partition coefficient (Wildman–Crippen LogP) is 5.79. The Labute approximate surface area is 254 Å². The highest BCUT2D eigenvalue weighted by Gasteiger charge is 2.74. The summed E-state index contributed by atoms with van der Waals surface area (Å²) in [5.41, 5.74) is -7.88. The third-order valence-corrected chi connectivity index (χ3v) is 13.9. The van der Waals surface area contributed by atoms with Gasteiger partial charge in [0.2, 0.25) is 5.91 Å². The zero-order chi connectivity index (χ0) is 33.4. The number of fused-ring (bicyclic) bond motifs is 3. The van der Waals surface area contributed by atoms with E-state index in [0.717, 1.165) is 30.3 Å². The quantitative estimate of drug-likeness (QED) is 0.294. The van der Waals surface area contributed by atoms with Crippen molar-refractivity contribution in [1.82, 2.24) is 4.90 Å². The number of rotatable bonds is 5. The van der Waals surface area contributed by atoms with Crippen LogP contribution in [-0.2, 0) is 41.3 Å². The lowest BCUT2D eigenvalue weighted by atomic mass is 9.76. The van der Waals surface area contributed by atoms with E-state index in [1.807, 2.05) is 0 Å². The topological polar surface area (TPSA) is 88.6 Å². The van der Waals surface area contributed by atoms with E-state index >= 15 is 0 Å². The largest absolute Gasteiger partial charge is 0.435 e. The summed E-state index contributed by atoms with van der Waals surface area (Å²) in [6, 6.07) is 4.03. The fraction of sp³-hybridized carbons (Fsp3) is 0.552. The molecule has 0 N–H and O–H groups in total. The Balaban J connectivity index is 1.62. The van der Waals surface area contributed by atoms with Crippen LogP contribution in [0.25, 0.3) is 0 Å². The van der Waals surface area contributed by atoms with Crippen molar-refractivity contribution in [3.8, 4) is 0 Å². The standard InChI is InChI=1S/C29H29F8NO5S2/c1-17(18-10-14-44(40,41)15-11-18)25(39)38-13-12-26(45(42,43)22-6-4-21(30)5-7-22)23-8-3-20(16-19(23)2-9-24(26)38)27(31,28(32,33)34)29(35,36)37/h3-8,16-18,24H,2,9-15H2,1H3/t17?,24-,26-/m1/s1. The first-order chi connectivity index (χ1) is 20.7. The first-order valence-electron chi connectivity index (χ1n) is 14.1. The lowest BCUT2D eigenvalue weighted by molar-refractivity contribution is -0.348. The number of sulfone groups is 2. The number of amides is 1. The molecule has 1 unspecified atom stereocenters. The van der Waals surface area contributed by atoms with E-state index in [0.29, 0.717) is 6.07 Å². The number of halogens is 8. The summed E-state index contributed by atoms with van der Waals surface area (Å²) in [4.78, 5) is 14.8. The molecule has 6 nitrogen and oxygen atoms in total. The minimum Gasteiger partial charge on any atom is -0.337 e. The summed E-state index contributed by atoms with van der Waals surface area (Å²) in [5.74, 6) is -2.46. The van der Waals surface area contributed by atoms with Gasteiger partial charge < -0.3 is 4.90 Å². The van der Waals surface area contributed by atoms with Crippen molar-refractivity contribution in [2.75, 3.05) is 18.1 Å². The van der Waals surface area contributed by atoms with Crippen LogP contribution in [0.5, 0.6) is 0 Å². The normalized spacial score (nSPS) is 25.0. The van der Waals surface area contributed by atoms with Gasteiger partial charge in [0, 0.05) is 18.0 Å². The monoisotopic (exact) mass is 687 g/mol. The van der Waals surface area contributed by atoms with Gasteiger partial charge in [-0.3, -0.25) is 4.79 Å². The molecule has 2 saturated heterocycles. The van der Waals surface area contributed by atoms with E-state index in [4.69, 9.17) is 0 Å². The Bertz CT molecular complexity index is 1680. The van der Waals surface area contributed by atoms with Gasteiger partial charge >= 0.3 is 18.0 Å². The number of carbonyl (C=O) groups is 1. The van der Waals surface area contributed by atoms with E-state index in [2.05, 4.69) is 0 Å². The third-order valence-electron chi connectivity index (χ3n) is 9.65. The van der Waals surface area contributed by atoms with E-state index in [1.165, 1.54) is 4.90 Å². The van der Waals surface area contributed by atoms with Crippen molar-refractivity contribution in [3.05, 3.63) is 65.0 Å². The zero-order valence-corrected chi connectivity index (χ0v) is 25.4. The molecule has 1 amide bonds. The fourth-order valence-corrected chi connectivity index (χ4v) is 11.1. The first-order valence-corrected chi connectivity index (χ1v) is 17.5. The molecular weight excluding hydrogens is 658 g/mol. The van der Waals surface area contributed by atoms with Crippen molar-refractivity contribution in [3.63, 3.8) is 0 Å². The second kappa shape index (κ2) is 10.9. The molecule has 2 fully saturated rings. The molecule has 0 radical (unpaired) electrons. The second-order valence-electron chi connectivity index (χ2n) is 12.0. The van der Waals surface area contributed by atoms with Crippen LogP contribution in [0.2, 0.25) is 0 Å². The van der Waals surface area contributed by atoms with Gasteiger partial charge in [-0.15, -0.1) is 0 Å². The number of likely N-dealkylation sites (tertiary alicyclic amines) is 1. The number of benzene rings is 2. The maximum Gasteiger partial charge on any atom is 0.435 e. The van der Waals surface area contributed by atoms with Crippen LogP contribution in [0.3, 0.4) is 0 Å². The lowest BCUT2D eigenvalue weighted by Gasteiger charge is -2.44. The van der Waals surface area contributed by atoms with E-state index in [9.17, 15) is 56.8 Å². The number of hydrogen-bond donors (Lipinski definition) is 0. The summed E-state index contributed by atoms with van der Waals surface area (Å²) in [6.45, 7) is 1.47. The molecule has 45 heavy (non-hydrogen) atoms. The molecule has 0 spiro atoms. The highest BCUT2D eigenvalue weighted by atomic mass is 32.2. The number of aryl methyl sites for hydroxylation is 1. The molecule has 2 aromatic carbocycles. The average molecular weight is 688 g/mol. The summed E-state index contributed by atoms with van der Waals surface area (Å²) in [7, 11) is -7.85. The minimum absolute atomic E-state index is 0.108. The van der Waals surface area contributed by atoms with Crippen LogP contribution in [0.4, 0.5) is 35.1 Å². The first kappa shape index (κ1) is 33.6. The van der Waals surface area contributed by atoms with Crippen LogP contribution >= 0.6 is 0 Å². The molecule has 3 atom stereocenters. The van der Waals surface area contributed by atoms with Crippen molar-refractivity contribution in [2.24, 2.45) is 11.8 Å². The van der Waals surface area contributed by atoms with Crippen LogP contribution in [0, 0.1) is 17.7 Å². The Kier molecular flexibility index (Phi) is 8.15. The van der Waals surface area contributed by atoms with Crippen molar-refractivity contribution < 1.29 is 56.8 Å². The number of alkyl halides is 7. The number of nitrogens with zero attached hydrogens (tertiary/aromatic N) is 1. The molecule has 0 aromatic heterocycles. The highest BCUT2D eigenvalue weighted by Crippen LogP contribution is 2.57. The van der Waals surface area contributed by atoms with Gasteiger partial charge in [0.05, 0.1) is 22.4 Å². The van der Waals surface area contributed by atoms with Crippen LogP contribution in [0.15, 0.2) is 47.4 Å². The van der Waals surface area contributed by atoms with Gasteiger partial charge in [0.1, 0.15) is 20.4 Å². The van der Waals surface area contributed by atoms with Gasteiger partial charge in [0.15, 0.2) is 9.84 Å². The molecule has 0 saturated carbocycles. The Morgan fingerprint density at radius 1 is 0.933 bits per heavy atom. The molecule has 2 heterocycles. The van der Waals surface area contributed by atoms with Gasteiger partial charge in [-0.2, -0.15) is 26.3 Å². The second-order valence-corrected chi connectivity index (χ2v) is 16.5.